The second-order valence-electron chi connectivity index (χ2n) is 4.69. The van der Waals surface area contributed by atoms with Crippen molar-refractivity contribution in [3.05, 3.63) is 53.9 Å². The molecule has 2 aromatic rings. The summed E-state index contributed by atoms with van der Waals surface area (Å²) in [5.41, 5.74) is 5.03. The number of pyridine rings is 1. The van der Waals surface area contributed by atoms with E-state index in [9.17, 15) is 0 Å². The summed E-state index contributed by atoms with van der Waals surface area (Å²) in [4.78, 5) is 4.03. The first kappa shape index (κ1) is 15.3. The molecule has 0 aliphatic rings. The highest BCUT2D eigenvalue weighted by atomic mass is 16.5. The second-order valence-corrected chi connectivity index (χ2v) is 4.69. The average molecular weight is 287 g/mol. The van der Waals surface area contributed by atoms with Gasteiger partial charge in [-0.3, -0.25) is 16.3 Å². The third kappa shape index (κ3) is 3.71. The lowest BCUT2D eigenvalue weighted by molar-refractivity contribution is 0.367. The maximum Gasteiger partial charge on any atom is 0.127 e. The van der Waals surface area contributed by atoms with Crippen molar-refractivity contribution in [3.63, 3.8) is 0 Å². The maximum atomic E-state index is 5.74. The van der Waals surface area contributed by atoms with Crippen molar-refractivity contribution in [2.45, 2.75) is 18.9 Å². The Morgan fingerprint density at radius 1 is 1.10 bits per heavy atom. The molecule has 1 heterocycles. The first-order chi connectivity index (χ1) is 10.3. The number of rotatable bonds is 7. The van der Waals surface area contributed by atoms with Gasteiger partial charge in [-0.2, -0.15) is 0 Å². The lowest BCUT2D eigenvalue weighted by atomic mass is 9.98. The summed E-state index contributed by atoms with van der Waals surface area (Å²) in [6, 6.07) is 9.69. The van der Waals surface area contributed by atoms with Crippen molar-refractivity contribution in [1.82, 2.24) is 10.4 Å². The molecule has 3 N–H and O–H groups in total. The van der Waals surface area contributed by atoms with Crippen LogP contribution < -0.4 is 20.7 Å². The van der Waals surface area contributed by atoms with E-state index >= 15 is 0 Å². The van der Waals surface area contributed by atoms with Crippen LogP contribution in [0.2, 0.25) is 0 Å². The SMILES string of the molecule is COc1cccc(OC)c1C(CCc1ccncc1)NN. The molecule has 0 amide bonds. The Labute approximate surface area is 125 Å². The summed E-state index contributed by atoms with van der Waals surface area (Å²) in [6.07, 6.45) is 5.31. The molecule has 0 aliphatic carbocycles. The fraction of sp³-hybridized carbons (Fsp3) is 0.312. The summed E-state index contributed by atoms with van der Waals surface area (Å²) in [5.74, 6) is 7.28. The minimum Gasteiger partial charge on any atom is -0.496 e. The monoisotopic (exact) mass is 287 g/mol. The Balaban J connectivity index is 2.21. The molecule has 0 bridgehead atoms. The molecule has 1 atom stereocenters. The number of hydrogen-bond acceptors (Lipinski definition) is 5. The highest BCUT2D eigenvalue weighted by molar-refractivity contribution is 5.47. The van der Waals surface area contributed by atoms with Crippen LogP contribution in [0.1, 0.15) is 23.6 Å². The number of benzene rings is 1. The number of aromatic nitrogens is 1. The topological polar surface area (TPSA) is 69.4 Å². The summed E-state index contributed by atoms with van der Waals surface area (Å²) < 4.78 is 10.9. The van der Waals surface area contributed by atoms with Gasteiger partial charge in [0.05, 0.1) is 25.8 Å². The Hall–Kier alpha value is -2.11. The molecule has 1 aromatic carbocycles. The van der Waals surface area contributed by atoms with E-state index in [0.717, 1.165) is 29.9 Å². The Morgan fingerprint density at radius 3 is 2.24 bits per heavy atom. The van der Waals surface area contributed by atoms with Crippen molar-refractivity contribution in [3.8, 4) is 11.5 Å². The van der Waals surface area contributed by atoms with Gasteiger partial charge in [-0.1, -0.05) is 6.07 Å². The Kier molecular flexibility index (Phi) is 5.54. The Bertz CT molecular complexity index is 538. The molecule has 5 nitrogen and oxygen atoms in total. The van der Waals surface area contributed by atoms with E-state index in [2.05, 4.69) is 10.4 Å². The van der Waals surface area contributed by atoms with E-state index in [1.54, 1.807) is 26.6 Å². The van der Waals surface area contributed by atoms with Crippen LogP contribution >= 0.6 is 0 Å². The van der Waals surface area contributed by atoms with Gasteiger partial charge in [-0.15, -0.1) is 0 Å². The van der Waals surface area contributed by atoms with Gasteiger partial charge in [0.2, 0.25) is 0 Å². The zero-order valence-electron chi connectivity index (χ0n) is 12.4. The summed E-state index contributed by atoms with van der Waals surface area (Å²) in [5, 5.41) is 0. The number of hydrogen-bond donors (Lipinski definition) is 2. The van der Waals surface area contributed by atoms with Crippen LogP contribution in [0, 0.1) is 0 Å². The van der Waals surface area contributed by atoms with Gasteiger partial charge in [-0.05, 0) is 42.7 Å². The number of methoxy groups -OCH3 is 2. The summed E-state index contributed by atoms with van der Waals surface area (Å²) in [6.45, 7) is 0. The molecular formula is C16H21N3O2. The lowest BCUT2D eigenvalue weighted by Gasteiger charge is -2.21. The summed E-state index contributed by atoms with van der Waals surface area (Å²) in [7, 11) is 3.30. The van der Waals surface area contributed by atoms with Crippen LogP contribution in [-0.4, -0.2) is 19.2 Å². The number of ether oxygens (including phenoxy) is 2. The predicted octanol–water partition coefficient (Wildman–Crippen LogP) is 2.24. The number of hydrazine groups is 1. The minimum absolute atomic E-state index is 0.0516. The zero-order valence-corrected chi connectivity index (χ0v) is 12.4. The standard InChI is InChI=1S/C16H21N3O2/c1-20-14-4-3-5-15(21-2)16(14)13(19-17)7-6-12-8-10-18-11-9-12/h3-5,8-11,13,19H,6-7,17H2,1-2H3. The van der Waals surface area contributed by atoms with Gasteiger partial charge < -0.3 is 9.47 Å². The second kappa shape index (κ2) is 7.61. The Morgan fingerprint density at radius 2 is 1.71 bits per heavy atom. The molecule has 0 radical (unpaired) electrons. The molecule has 2 rings (SSSR count). The van der Waals surface area contributed by atoms with Crippen LogP contribution in [0.15, 0.2) is 42.7 Å². The third-order valence-corrected chi connectivity index (χ3v) is 3.49. The molecule has 0 spiro atoms. The minimum atomic E-state index is -0.0516. The number of nitrogens with one attached hydrogen (secondary N) is 1. The largest absolute Gasteiger partial charge is 0.496 e. The van der Waals surface area contributed by atoms with Gasteiger partial charge in [0.1, 0.15) is 11.5 Å². The molecule has 0 fully saturated rings. The van der Waals surface area contributed by atoms with Crippen LogP contribution in [-0.2, 0) is 6.42 Å². The van der Waals surface area contributed by atoms with Crippen LogP contribution in [0.5, 0.6) is 11.5 Å². The van der Waals surface area contributed by atoms with Crippen molar-refractivity contribution >= 4 is 0 Å². The fourth-order valence-corrected chi connectivity index (χ4v) is 2.39. The molecule has 0 saturated heterocycles. The molecular weight excluding hydrogens is 266 g/mol. The molecule has 5 heteroatoms. The van der Waals surface area contributed by atoms with Gasteiger partial charge in [0.25, 0.3) is 0 Å². The predicted molar refractivity (Wildman–Crippen MR) is 82.2 cm³/mol. The highest BCUT2D eigenvalue weighted by Crippen LogP contribution is 2.35. The van der Waals surface area contributed by atoms with E-state index in [4.69, 9.17) is 15.3 Å². The van der Waals surface area contributed by atoms with Gasteiger partial charge in [0.15, 0.2) is 0 Å². The first-order valence-corrected chi connectivity index (χ1v) is 6.86. The quantitative estimate of drug-likeness (QED) is 0.604. The molecule has 0 aliphatic heterocycles. The van der Waals surface area contributed by atoms with E-state index in [0.29, 0.717) is 0 Å². The van der Waals surface area contributed by atoms with Crippen molar-refractivity contribution < 1.29 is 9.47 Å². The van der Waals surface area contributed by atoms with E-state index in [1.807, 2.05) is 30.3 Å². The van der Waals surface area contributed by atoms with E-state index in [1.165, 1.54) is 5.56 Å². The lowest BCUT2D eigenvalue weighted by Crippen LogP contribution is -2.29. The van der Waals surface area contributed by atoms with E-state index < -0.39 is 0 Å². The third-order valence-electron chi connectivity index (χ3n) is 3.49. The normalized spacial score (nSPS) is 12.0. The summed E-state index contributed by atoms with van der Waals surface area (Å²) >= 11 is 0. The van der Waals surface area contributed by atoms with Gasteiger partial charge in [-0.25, -0.2) is 0 Å². The highest BCUT2D eigenvalue weighted by Gasteiger charge is 2.19. The van der Waals surface area contributed by atoms with Crippen LogP contribution in [0.3, 0.4) is 0 Å². The number of nitrogens with zero attached hydrogens (tertiary/aromatic N) is 1. The smallest absolute Gasteiger partial charge is 0.127 e. The first-order valence-electron chi connectivity index (χ1n) is 6.86. The van der Waals surface area contributed by atoms with Gasteiger partial charge in [0, 0.05) is 12.4 Å². The maximum absolute atomic E-state index is 5.74. The molecule has 1 aromatic heterocycles. The zero-order chi connectivity index (χ0) is 15.1. The van der Waals surface area contributed by atoms with Crippen LogP contribution in [0.25, 0.3) is 0 Å². The van der Waals surface area contributed by atoms with E-state index in [-0.39, 0.29) is 6.04 Å². The van der Waals surface area contributed by atoms with Crippen molar-refractivity contribution in [1.29, 1.82) is 0 Å². The fourth-order valence-electron chi connectivity index (χ4n) is 2.39. The van der Waals surface area contributed by atoms with Crippen LogP contribution in [0.4, 0.5) is 0 Å². The number of nitrogens with two attached hydrogens (primary N) is 1. The number of aryl methyl sites for hydroxylation is 1. The molecule has 1 unspecified atom stereocenters. The molecule has 0 saturated carbocycles. The average Bonchev–Trinajstić information content (AvgIpc) is 2.56. The molecule has 21 heavy (non-hydrogen) atoms. The van der Waals surface area contributed by atoms with Crippen molar-refractivity contribution in [2.24, 2.45) is 5.84 Å². The van der Waals surface area contributed by atoms with Gasteiger partial charge >= 0.3 is 0 Å². The van der Waals surface area contributed by atoms with Crippen molar-refractivity contribution in [2.75, 3.05) is 14.2 Å². The molecule has 112 valence electrons.